The van der Waals surface area contributed by atoms with E-state index in [0.29, 0.717) is 24.4 Å². The summed E-state index contributed by atoms with van der Waals surface area (Å²) in [5, 5.41) is 5.86. The molecule has 1 fully saturated rings. The minimum atomic E-state index is -0.681. The first-order valence-electron chi connectivity index (χ1n) is 8.92. The van der Waals surface area contributed by atoms with Gasteiger partial charge in [0.2, 0.25) is 5.91 Å². The smallest absolute Gasteiger partial charge is 0.251 e. The third kappa shape index (κ3) is 6.78. The number of hydrogen-bond acceptors (Lipinski definition) is 4. The van der Waals surface area contributed by atoms with Gasteiger partial charge in [0.1, 0.15) is 6.04 Å². The third-order valence-corrected chi connectivity index (χ3v) is 4.59. The summed E-state index contributed by atoms with van der Waals surface area (Å²) in [5.74, 6) is -0.0290. The molecule has 1 saturated carbocycles. The lowest BCUT2D eigenvalue weighted by molar-refractivity contribution is -0.123. The number of nitrogens with one attached hydrogen (secondary N) is 2. The maximum atomic E-state index is 12.8. The summed E-state index contributed by atoms with van der Waals surface area (Å²) in [6, 6.07) is 11.9. The van der Waals surface area contributed by atoms with E-state index in [1.54, 1.807) is 36.7 Å². The predicted molar refractivity (Wildman–Crippen MR) is 114 cm³/mol. The molecule has 1 aliphatic rings. The molecule has 1 heterocycles. The molecular weight excluding hydrogens is 399 g/mol. The Hall–Kier alpha value is -2.15. The van der Waals surface area contributed by atoms with Gasteiger partial charge in [0, 0.05) is 37.0 Å². The largest absolute Gasteiger partial charge is 0.350 e. The van der Waals surface area contributed by atoms with Gasteiger partial charge in [0.05, 0.1) is 0 Å². The molecule has 152 valence electrons. The lowest BCUT2D eigenvalue weighted by atomic mass is 10.0. The maximum Gasteiger partial charge on any atom is 0.251 e. The fourth-order valence-electron chi connectivity index (χ4n) is 2.95. The van der Waals surface area contributed by atoms with Crippen LogP contribution >= 0.6 is 24.8 Å². The van der Waals surface area contributed by atoms with Crippen molar-refractivity contribution in [2.75, 3.05) is 6.54 Å². The Kier molecular flexibility index (Phi) is 9.93. The second-order valence-electron chi connectivity index (χ2n) is 6.65. The van der Waals surface area contributed by atoms with Gasteiger partial charge in [-0.15, -0.1) is 24.8 Å². The standard InChI is InChI=1S/C20H24N4O2.2ClH/c21-12-18(15-8-9-15)24-20(26)17(11-14-5-4-10-22-13-14)23-19(25)16-6-2-1-3-7-16;;/h1-7,10,13,15,17-18H,8-9,11-12,21H2,(H,23,25)(H,24,26);2*1H. The van der Waals surface area contributed by atoms with Gasteiger partial charge in [-0.1, -0.05) is 24.3 Å². The van der Waals surface area contributed by atoms with Crippen LogP contribution in [0.25, 0.3) is 0 Å². The number of halogens is 2. The molecule has 6 nitrogen and oxygen atoms in total. The van der Waals surface area contributed by atoms with E-state index in [1.807, 2.05) is 18.2 Å². The average Bonchev–Trinajstić information content (AvgIpc) is 3.52. The van der Waals surface area contributed by atoms with Crippen molar-refractivity contribution >= 4 is 36.6 Å². The van der Waals surface area contributed by atoms with Crippen LogP contribution in [0.2, 0.25) is 0 Å². The number of carbonyl (C=O) groups excluding carboxylic acids is 2. The highest BCUT2D eigenvalue weighted by molar-refractivity contribution is 5.97. The van der Waals surface area contributed by atoms with Gasteiger partial charge in [-0.3, -0.25) is 14.6 Å². The minimum Gasteiger partial charge on any atom is -0.350 e. The number of pyridine rings is 1. The number of rotatable bonds is 8. The topological polar surface area (TPSA) is 97.1 Å². The average molecular weight is 425 g/mol. The van der Waals surface area contributed by atoms with Crippen molar-refractivity contribution < 1.29 is 9.59 Å². The van der Waals surface area contributed by atoms with Gasteiger partial charge in [0.15, 0.2) is 0 Å². The number of aromatic nitrogens is 1. The van der Waals surface area contributed by atoms with Gasteiger partial charge >= 0.3 is 0 Å². The van der Waals surface area contributed by atoms with E-state index >= 15 is 0 Å². The van der Waals surface area contributed by atoms with Crippen LogP contribution < -0.4 is 16.4 Å². The van der Waals surface area contributed by atoms with E-state index in [0.717, 1.165) is 18.4 Å². The molecule has 0 radical (unpaired) electrons. The molecule has 4 N–H and O–H groups in total. The Bertz CT molecular complexity index is 742. The van der Waals surface area contributed by atoms with Gasteiger partial charge in [-0.2, -0.15) is 0 Å². The first-order chi connectivity index (χ1) is 12.7. The summed E-state index contributed by atoms with van der Waals surface area (Å²) in [5.41, 5.74) is 7.20. The van der Waals surface area contributed by atoms with E-state index < -0.39 is 6.04 Å². The summed E-state index contributed by atoms with van der Waals surface area (Å²) in [7, 11) is 0. The number of nitrogens with zero attached hydrogens (tertiary/aromatic N) is 1. The molecule has 0 spiro atoms. The van der Waals surface area contributed by atoms with E-state index in [1.165, 1.54) is 0 Å². The minimum absolute atomic E-state index is 0. The lowest BCUT2D eigenvalue weighted by Crippen LogP contribution is -2.52. The van der Waals surface area contributed by atoms with Crippen LogP contribution in [0.15, 0.2) is 54.9 Å². The normalized spacial score (nSPS) is 14.6. The highest BCUT2D eigenvalue weighted by Gasteiger charge is 2.33. The third-order valence-electron chi connectivity index (χ3n) is 4.59. The fraction of sp³-hybridized carbons (Fsp3) is 0.350. The van der Waals surface area contributed by atoms with Crippen molar-refractivity contribution in [1.29, 1.82) is 0 Å². The van der Waals surface area contributed by atoms with Crippen LogP contribution in [0.3, 0.4) is 0 Å². The van der Waals surface area contributed by atoms with E-state index in [9.17, 15) is 9.59 Å². The number of amides is 2. The van der Waals surface area contributed by atoms with Crippen molar-refractivity contribution in [2.45, 2.75) is 31.3 Å². The molecule has 8 heteroatoms. The number of carbonyl (C=O) groups is 2. The molecule has 1 aliphatic carbocycles. The second-order valence-corrected chi connectivity index (χ2v) is 6.65. The zero-order valence-electron chi connectivity index (χ0n) is 15.4. The molecule has 3 rings (SSSR count). The highest BCUT2D eigenvalue weighted by Crippen LogP contribution is 2.32. The van der Waals surface area contributed by atoms with Crippen LogP contribution in [0, 0.1) is 5.92 Å². The first kappa shape index (κ1) is 23.9. The van der Waals surface area contributed by atoms with E-state index in [2.05, 4.69) is 15.6 Å². The van der Waals surface area contributed by atoms with Crippen molar-refractivity contribution in [1.82, 2.24) is 15.6 Å². The molecule has 2 amide bonds. The predicted octanol–water partition coefficient (Wildman–Crippen LogP) is 2.12. The molecular formula is C20H26Cl2N4O2. The van der Waals surface area contributed by atoms with Gasteiger partial charge in [0.25, 0.3) is 5.91 Å². The lowest BCUT2D eigenvalue weighted by Gasteiger charge is -2.22. The van der Waals surface area contributed by atoms with Crippen LogP contribution in [0.5, 0.6) is 0 Å². The molecule has 28 heavy (non-hydrogen) atoms. The van der Waals surface area contributed by atoms with Crippen LogP contribution in [0.1, 0.15) is 28.8 Å². The quantitative estimate of drug-likeness (QED) is 0.604. The summed E-state index contributed by atoms with van der Waals surface area (Å²) in [4.78, 5) is 29.4. The van der Waals surface area contributed by atoms with Crippen LogP contribution in [-0.4, -0.2) is 35.4 Å². The van der Waals surface area contributed by atoms with Gasteiger partial charge in [-0.05, 0) is 42.5 Å². The number of benzene rings is 1. The Morgan fingerprint density at radius 1 is 1.07 bits per heavy atom. The van der Waals surface area contributed by atoms with Gasteiger partial charge in [-0.25, -0.2) is 0 Å². The monoisotopic (exact) mass is 424 g/mol. The number of nitrogens with two attached hydrogens (primary N) is 1. The van der Waals surface area contributed by atoms with Crippen molar-refractivity contribution in [3.05, 3.63) is 66.0 Å². The molecule has 2 unspecified atom stereocenters. The van der Waals surface area contributed by atoms with Crippen LogP contribution in [-0.2, 0) is 11.2 Å². The second kappa shape index (κ2) is 11.6. The summed E-state index contributed by atoms with van der Waals surface area (Å²) < 4.78 is 0. The summed E-state index contributed by atoms with van der Waals surface area (Å²) >= 11 is 0. The Morgan fingerprint density at radius 2 is 1.79 bits per heavy atom. The number of hydrogen-bond donors (Lipinski definition) is 3. The fourth-order valence-corrected chi connectivity index (χ4v) is 2.95. The highest BCUT2D eigenvalue weighted by atomic mass is 35.5. The van der Waals surface area contributed by atoms with Gasteiger partial charge < -0.3 is 16.4 Å². The zero-order chi connectivity index (χ0) is 18.4. The summed E-state index contributed by atoms with van der Waals surface area (Å²) in [6.07, 6.45) is 5.94. The Labute approximate surface area is 177 Å². The van der Waals surface area contributed by atoms with Crippen LogP contribution in [0.4, 0.5) is 0 Å². The molecule has 1 aromatic heterocycles. The SMILES string of the molecule is Cl.Cl.NCC(NC(=O)C(Cc1cccnc1)NC(=O)c1ccccc1)C1CC1. The summed E-state index contributed by atoms with van der Waals surface area (Å²) in [6.45, 7) is 0.405. The molecule has 0 saturated heterocycles. The molecule has 1 aromatic carbocycles. The van der Waals surface area contributed by atoms with E-state index in [-0.39, 0.29) is 42.7 Å². The molecule has 2 atom stereocenters. The van der Waals surface area contributed by atoms with Crippen molar-refractivity contribution in [3.63, 3.8) is 0 Å². The Balaban J connectivity index is 0.00000196. The molecule has 0 aliphatic heterocycles. The zero-order valence-corrected chi connectivity index (χ0v) is 17.0. The Morgan fingerprint density at radius 3 is 2.36 bits per heavy atom. The first-order valence-corrected chi connectivity index (χ1v) is 8.92. The molecule has 0 bridgehead atoms. The van der Waals surface area contributed by atoms with E-state index in [4.69, 9.17) is 5.73 Å². The maximum absolute atomic E-state index is 12.8. The molecule has 2 aromatic rings. The van der Waals surface area contributed by atoms with Crippen molar-refractivity contribution in [3.8, 4) is 0 Å². The van der Waals surface area contributed by atoms with Crippen molar-refractivity contribution in [2.24, 2.45) is 11.7 Å².